The van der Waals surface area contributed by atoms with Crippen molar-refractivity contribution in [3.05, 3.63) is 58.1 Å². The molecule has 2 amide bonds. The van der Waals surface area contributed by atoms with E-state index in [0.717, 1.165) is 12.1 Å². The first kappa shape index (κ1) is 19.6. The molecular formula is C18H16Cl2F3N3O. The quantitative estimate of drug-likeness (QED) is 0.712. The fourth-order valence-electron chi connectivity index (χ4n) is 2.83. The minimum Gasteiger partial charge on any atom is -0.368 e. The van der Waals surface area contributed by atoms with Gasteiger partial charge in [-0.25, -0.2) is 4.79 Å². The number of nitrogens with zero attached hydrogens (tertiary/aromatic N) is 2. The molecule has 1 fully saturated rings. The van der Waals surface area contributed by atoms with Gasteiger partial charge in [-0.05, 0) is 36.4 Å². The lowest BCUT2D eigenvalue weighted by atomic mass is 10.1. The van der Waals surface area contributed by atoms with Crippen LogP contribution in [0.15, 0.2) is 42.5 Å². The van der Waals surface area contributed by atoms with Crippen LogP contribution in [0.4, 0.5) is 29.3 Å². The molecule has 0 aromatic heterocycles. The molecule has 0 unspecified atom stereocenters. The van der Waals surface area contributed by atoms with E-state index < -0.39 is 11.7 Å². The van der Waals surface area contributed by atoms with Gasteiger partial charge in [-0.3, -0.25) is 0 Å². The van der Waals surface area contributed by atoms with Crippen LogP contribution in [0.25, 0.3) is 0 Å². The smallest absolute Gasteiger partial charge is 0.368 e. The minimum atomic E-state index is -4.38. The Balaban J connectivity index is 1.61. The molecule has 0 radical (unpaired) electrons. The van der Waals surface area contributed by atoms with E-state index in [1.165, 1.54) is 12.1 Å². The summed E-state index contributed by atoms with van der Waals surface area (Å²) < 4.78 is 38.6. The number of carbonyl (C=O) groups excluding carboxylic acids is 1. The van der Waals surface area contributed by atoms with Gasteiger partial charge in [0.1, 0.15) is 0 Å². The number of carbonyl (C=O) groups is 1. The molecular weight excluding hydrogens is 402 g/mol. The maximum atomic E-state index is 12.9. The number of rotatable bonds is 2. The number of hydrogen-bond donors (Lipinski definition) is 1. The third kappa shape index (κ3) is 4.78. The predicted molar refractivity (Wildman–Crippen MR) is 101 cm³/mol. The Kier molecular flexibility index (Phi) is 5.72. The highest BCUT2D eigenvalue weighted by Gasteiger charge is 2.31. The van der Waals surface area contributed by atoms with E-state index in [2.05, 4.69) is 5.32 Å². The SMILES string of the molecule is O=C(Nc1ccc(Cl)cc1Cl)N1CCN(c2cccc(C(F)(F)F)c2)CC1. The van der Waals surface area contributed by atoms with Crippen LogP contribution in [0.2, 0.25) is 10.0 Å². The van der Waals surface area contributed by atoms with Crippen LogP contribution in [-0.4, -0.2) is 37.1 Å². The standard InChI is InChI=1S/C18H16Cl2F3N3O/c19-13-4-5-16(15(20)11-13)24-17(27)26-8-6-25(7-9-26)14-3-1-2-12(10-14)18(21,22)23/h1-5,10-11H,6-9H2,(H,24,27). The maximum Gasteiger partial charge on any atom is 0.416 e. The van der Waals surface area contributed by atoms with Gasteiger partial charge >= 0.3 is 12.2 Å². The summed E-state index contributed by atoms with van der Waals surface area (Å²) >= 11 is 11.9. The lowest BCUT2D eigenvalue weighted by Gasteiger charge is -2.36. The van der Waals surface area contributed by atoms with Gasteiger partial charge in [0.05, 0.1) is 16.3 Å². The van der Waals surface area contributed by atoms with Crippen molar-refractivity contribution in [3.63, 3.8) is 0 Å². The molecule has 1 heterocycles. The van der Waals surface area contributed by atoms with Gasteiger partial charge in [-0.15, -0.1) is 0 Å². The third-order valence-electron chi connectivity index (χ3n) is 4.28. The molecule has 3 rings (SSSR count). The Morgan fingerprint density at radius 2 is 1.70 bits per heavy atom. The molecule has 0 saturated carbocycles. The average Bonchev–Trinajstić information content (AvgIpc) is 2.63. The molecule has 4 nitrogen and oxygen atoms in total. The average molecular weight is 418 g/mol. The van der Waals surface area contributed by atoms with Gasteiger partial charge in [-0.1, -0.05) is 29.3 Å². The van der Waals surface area contributed by atoms with Gasteiger partial charge in [0.25, 0.3) is 0 Å². The number of halogens is 5. The number of anilines is 2. The van der Waals surface area contributed by atoms with E-state index in [0.29, 0.717) is 47.6 Å². The molecule has 1 aliphatic heterocycles. The number of hydrogen-bond acceptors (Lipinski definition) is 2. The second-order valence-electron chi connectivity index (χ2n) is 6.08. The Morgan fingerprint density at radius 1 is 1.00 bits per heavy atom. The normalized spacial score (nSPS) is 15.0. The molecule has 0 spiro atoms. The Bertz CT molecular complexity index is 837. The molecule has 1 N–H and O–H groups in total. The molecule has 1 saturated heterocycles. The lowest BCUT2D eigenvalue weighted by Crippen LogP contribution is -2.50. The number of nitrogens with one attached hydrogen (secondary N) is 1. The van der Waals surface area contributed by atoms with Crippen molar-refractivity contribution in [3.8, 4) is 0 Å². The third-order valence-corrected chi connectivity index (χ3v) is 4.83. The van der Waals surface area contributed by atoms with Crippen molar-refractivity contribution >= 4 is 40.6 Å². The summed E-state index contributed by atoms with van der Waals surface area (Å²) in [5.41, 5.74) is 0.259. The lowest BCUT2D eigenvalue weighted by molar-refractivity contribution is -0.137. The van der Waals surface area contributed by atoms with Crippen LogP contribution < -0.4 is 10.2 Å². The predicted octanol–water partition coefficient (Wildman–Crippen LogP) is 5.37. The highest BCUT2D eigenvalue weighted by Crippen LogP contribution is 2.32. The molecule has 0 atom stereocenters. The summed E-state index contributed by atoms with van der Waals surface area (Å²) in [7, 11) is 0. The monoisotopic (exact) mass is 417 g/mol. The van der Waals surface area contributed by atoms with Gasteiger partial charge in [0.2, 0.25) is 0 Å². The van der Waals surface area contributed by atoms with Gasteiger partial charge in [-0.2, -0.15) is 13.2 Å². The van der Waals surface area contributed by atoms with E-state index in [1.807, 2.05) is 4.90 Å². The van der Waals surface area contributed by atoms with Gasteiger partial charge in [0.15, 0.2) is 0 Å². The molecule has 1 aliphatic rings. The van der Waals surface area contributed by atoms with E-state index in [-0.39, 0.29) is 6.03 Å². The molecule has 0 aliphatic carbocycles. The summed E-state index contributed by atoms with van der Waals surface area (Å²) in [5, 5.41) is 3.52. The second kappa shape index (κ2) is 7.86. The van der Waals surface area contributed by atoms with Crippen LogP contribution in [0.5, 0.6) is 0 Å². The molecule has 9 heteroatoms. The van der Waals surface area contributed by atoms with Crippen molar-refractivity contribution in [2.24, 2.45) is 0 Å². The molecule has 2 aromatic carbocycles. The number of amides is 2. The second-order valence-corrected chi connectivity index (χ2v) is 6.92. The van der Waals surface area contributed by atoms with Crippen molar-refractivity contribution in [1.82, 2.24) is 4.90 Å². The fraction of sp³-hybridized carbons (Fsp3) is 0.278. The Labute approximate surface area is 164 Å². The molecule has 2 aromatic rings. The first-order chi connectivity index (χ1) is 12.7. The zero-order valence-corrected chi connectivity index (χ0v) is 15.6. The molecule has 0 bridgehead atoms. The Hall–Kier alpha value is -2.12. The zero-order chi connectivity index (χ0) is 19.6. The van der Waals surface area contributed by atoms with Crippen molar-refractivity contribution in [1.29, 1.82) is 0 Å². The number of piperazine rings is 1. The summed E-state index contributed by atoms with van der Waals surface area (Å²) in [6, 6.07) is 9.65. The van der Waals surface area contributed by atoms with E-state index in [9.17, 15) is 18.0 Å². The maximum absolute atomic E-state index is 12.9. The highest BCUT2D eigenvalue weighted by molar-refractivity contribution is 6.36. The van der Waals surface area contributed by atoms with E-state index >= 15 is 0 Å². The summed E-state index contributed by atoms with van der Waals surface area (Å²) in [5.74, 6) is 0. The number of alkyl halides is 3. The van der Waals surface area contributed by atoms with Crippen molar-refractivity contribution in [2.75, 3.05) is 36.4 Å². The minimum absolute atomic E-state index is 0.317. The van der Waals surface area contributed by atoms with E-state index in [4.69, 9.17) is 23.2 Å². The largest absolute Gasteiger partial charge is 0.416 e. The fourth-order valence-corrected chi connectivity index (χ4v) is 3.29. The number of benzene rings is 2. The summed E-state index contributed by atoms with van der Waals surface area (Å²) in [6.45, 7) is 1.63. The summed E-state index contributed by atoms with van der Waals surface area (Å²) in [6.07, 6.45) is -4.38. The van der Waals surface area contributed by atoms with Crippen molar-refractivity contribution in [2.45, 2.75) is 6.18 Å². The van der Waals surface area contributed by atoms with Crippen molar-refractivity contribution < 1.29 is 18.0 Å². The Morgan fingerprint density at radius 3 is 2.33 bits per heavy atom. The van der Waals surface area contributed by atoms with Crippen LogP contribution in [0.1, 0.15) is 5.56 Å². The topological polar surface area (TPSA) is 35.6 Å². The molecule has 144 valence electrons. The van der Waals surface area contributed by atoms with Gasteiger partial charge < -0.3 is 15.1 Å². The number of urea groups is 1. The highest BCUT2D eigenvalue weighted by atomic mass is 35.5. The van der Waals surface area contributed by atoms with Crippen LogP contribution in [-0.2, 0) is 6.18 Å². The van der Waals surface area contributed by atoms with Crippen LogP contribution in [0, 0.1) is 0 Å². The zero-order valence-electron chi connectivity index (χ0n) is 14.1. The van der Waals surface area contributed by atoms with E-state index in [1.54, 1.807) is 23.1 Å². The van der Waals surface area contributed by atoms with Gasteiger partial charge in [0, 0.05) is 36.9 Å². The van der Waals surface area contributed by atoms with Crippen LogP contribution >= 0.6 is 23.2 Å². The first-order valence-corrected chi connectivity index (χ1v) is 8.93. The first-order valence-electron chi connectivity index (χ1n) is 8.17. The molecule has 27 heavy (non-hydrogen) atoms. The van der Waals surface area contributed by atoms with Crippen LogP contribution in [0.3, 0.4) is 0 Å². The summed E-state index contributed by atoms with van der Waals surface area (Å²) in [4.78, 5) is 15.8.